The van der Waals surface area contributed by atoms with Gasteiger partial charge in [0.15, 0.2) is 0 Å². The number of aromatic nitrogens is 3. The number of benzene rings is 3. The second-order valence-electron chi connectivity index (χ2n) is 7.40. The zero-order valence-corrected chi connectivity index (χ0v) is 16.5. The lowest BCUT2D eigenvalue weighted by atomic mass is 9.88. The van der Waals surface area contributed by atoms with Crippen LogP contribution in [0.25, 0.3) is 16.7 Å². The van der Waals surface area contributed by atoms with Crippen LogP contribution in [0.4, 0.5) is 0 Å². The van der Waals surface area contributed by atoms with Crippen LogP contribution in [0.15, 0.2) is 66.7 Å². The van der Waals surface area contributed by atoms with Crippen molar-refractivity contribution in [1.82, 2.24) is 15.0 Å². The molecule has 0 radical (unpaired) electrons. The third-order valence-electron chi connectivity index (χ3n) is 5.59. The molecule has 1 N–H and O–H groups in total. The van der Waals surface area contributed by atoms with E-state index in [0.717, 1.165) is 23.0 Å². The average molecular weight is 371 g/mol. The van der Waals surface area contributed by atoms with Gasteiger partial charge < -0.3 is 5.11 Å². The summed E-state index contributed by atoms with van der Waals surface area (Å²) in [6, 6.07) is 22.2. The average Bonchev–Trinajstić information content (AvgIpc) is 3.17. The molecule has 4 aromatic rings. The topological polar surface area (TPSA) is 50.9 Å². The van der Waals surface area contributed by atoms with Crippen molar-refractivity contribution < 1.29 is 5.11 Å². The molecule has 0 amide bonds. The van der Waals surface area contributed by atoms with E-state index in [2.05, 4.69) is 49.2 Å². The van der Waals surface area contributed by atoms with E-state index in [1.165, 1.54) is 11.1 Å². The maximum atomic E-state index is 11.2. The summed E-state index contributed by atoms with van der Waals surface area (Å²) in [5, 5.41) is 20.4. The van der Waals surface area contributed by atoms with Crippen LogP contribution in [0.3, 0.4) is 0 Å². The maximum absolute atomic E-state index is 11.2. The van der Waals surface area contributed by atoms with Crippen molar-refractivity contribution in [3.8, 4) is 11.4 Å². The van der Waals surface area contributed by atoms with Gasteiger partial charge in [-0.1, -0.05) is 69.3 Å². The Labute approximate surface area is 165 Å². The molecule has 0 spiro atoms. The van der Waals surface area contributed by atoms with Crippen LogP contribution in [0.1, 0.15) is 55.7 Å². The first-order valence-corrected chi connectivity index (χ1v) is 9.82. The molecule has 1 heterocycles. The number of rotatable bonds is 5. The molecule has 4 nitrogen and oxygen atoms in total. The molecule has 0 aliphatic carbocycles. The van der Waals surface area contributed by atoms with Gasteiger partial charge in [0.1, 0.15) is 22.5 Å². The summed E-state index contributed by atoms with van der Waals surface area (Å²) in [5.41, 5.74) is 5.52. The highest BCUT2D eigenvalue weighted by Gasteiger charge is 2.21. The Morgan fingerprint density at radius 2 is 1.46 bits per heavy atom. The molecule has 4 heteroatoms. The molecule has 3 aromatic carbocycles. The molecule has 0 bridgehead atoms. The maximum Gasteiger partial charge on any atom is 0.146 e. The molecule has 0 saturated carbocycles. The zero-order chi connectivity index (χ0) is 19.7. The van der Waals surface area contributed by atoms with Gasteiger partial charge in [0, 0.05) is 11.5 Å². The summed E-state index contributed by atoms with van der Waals surface area (Å²) >= 11 is 0. The van der Waals surface area contributed by atoms with E-state index in [1.54, 1.807) is 4.80 Å². The van der Waals surface area contributed by atoms with E-state index < -0.39 is 0 Å². The predicted octanol–water partition coefficient (Wildman–Crippen LogP) is 5.79. The first kappa shape index (κ1) is 18.2. The number of phenols is 1. The minimum Gasteiger partial charge on any atom is -0.505 e. The van der Waals surface area contributed by atoms with Crippen molar-refractivity contribution in [2.75, 3.05) is 0 Å². The summed E-state index contributed by atoms with van der Waals surface area (Å²) in [6.07, 6.45) is 1.03. The third-order valence-corrected chi connectivity index (χ3v) is 5.59. The Bertz CT molecular complexity index is 1070. The van der Waals surface area contributed by atoms with Crippen LogP contribution < -0.4 is 0 Å². The first-order valence-electron chi connectivity index (χ1n) is 9.82. The van der Waals surface area contributed by atoms with Crippen molar-refractivity contribution >= 4 is 11.0 Å². The summed E-state index contributed by atoms with van der Waals surface area (Å²) < 4.78 is 0. The van der Waals surface area contributed by atoms with Crippen molar-refractivity contribution in [1.29, 1.82) is 0 Å². The minimum atomic E-state index is 0.0638. The fraction of sp³-hybridized carbons (Fsp3) is 0.250. The fourth-order valence-corrected chi connectivity index (χ4v) is 3.56. The second-order valence-corrected chi connectivity index (χ2v) is 7.40. The molecule has 2 unspecified atom stereocenters. The van der Waals surface area contributed by atoms with Gasteiger partial charge in [-0.25, -0.2) is 0 Å². The Morgan fingerprint density at radius 1 is 0.857 bits per heavy atom. The largest absolute Gasteiger partial charge is 0.505 e. The third kappa shape index (κ3) is 3.26. The SMILES string of the molecule is CCC(C)c1cc(C(C)c2ccccc2)c(O)c(-n2nc3ccccc3n2)c1. The van der Waals surface area contributed by atoms with Gasteiger partial charge in [-0.3, -0.25) is 0 Å². The summed E-state index contributed by atoms with van der Waals surface area (Å²) in [5.74, 6) is 0.684. The normalized spacial score (nSPS) is 13.5. The number of hydrogen-bond acceptors (Lipinski definition) is 3. The predicted molar refractivity (Wildman–Crippen MR) is 113 cm³/mol. The molecular weight excluding hydrogens is 346 g/mol. The highest BCUT2D eigenvalue weighted by molar-refractivity contribution is 5.73. The molecule has 142 valence electrons. The van der Waals surface area contributed by atoms with Gasteiger partial charge in [0.2, 0.25) is 0 Å². The zero-order valence-electron chi connectivity index (χ0n) is 16.5. The first-order chi connectivity index (χ1) is 13.6. The van der Waals surface area contributed by atoms with Gasteiger partial charge in [0.25, 0.3) is 0 Å². The van der Waals surface area contributed by atoms with Crippen LogP contribution in [0.2, 0.25) is 0 Å². The number of phenolic OH excluding ortho intramolecular Hbond substituents is 1. The van der Waals surface area contributed by atoms with Crippen LogP contribution >= 0.6 is 0 Å². The van der Waals surface area contributed by atoms with Crippen molar-refractivity contribution in [2.45, 2.75) is 39.0 Å². The Hall–Kier alpha value is -3.14. The van der Waals surface area contributed by atoms with E-state index in [-0.39, 0.29) is 11.7 Å². The van der Waals surface area contributed by atoms with Gasteiger partial charge >= 0.3 is 0 Å². The lowest BCUT2D eigenvalue weighted by Gasteiger charge is -2.20. The van der Waals surface area contributed by atoms with Crippen LogP contribution in [-0.2, 0) is 0 Å². The lowest BCUT2D eigenvalue weighted by Crippen LogP contribution is -2.06. The lowest BCUT2D eigenvalue weighted by molar-refractivity contribution is 0.458. The molecule has 4 rings (SSSR count). The molecule has 0 aliphatic rings. The smallest absolute Gasteiger partial charge is 0.146 e. The van der Waals surface area contributed by atoms with E-state index >= 15 is 0 Å². The van der Waals surface area contributed by atoms with E-state index in [1.807, 2.05) is 48.5 Å². The van der Waals surface area contributed by atoms with Gasteiger partial charge in [-0.05, 0) is 41.7 Å². The summed E-state index contributed by atoms with van der Waals surface area (Å²) in [7, 11) is 0. The van der Waals surface area contributed by atoms with E-state index in [0.29, 0.717) is 11.6 Å². The molecule has 28 heavy (non-hydrogen) atoms. The number of hydrogen-bond donors (Lipinski definition) is 1. The quantitative estimate of drug-likeness (QED) is 0.483. The molecule has 0 saturated heterocycles. The Morgan fingerprint density at radius 3 is 2.07 bits per heavy atom. The second kappa shape index (κ2) is 7.47. The van der Waals surface area contributed by atoms with Crippen LogP contribution in [0.5, 0.6) is 5.75 Å². The number of aromatic hydroxyl groups is 1. The van der Waals surface area contributed by atoms with Crippen molar-refractivity contribution in [3.05, 3.63) is 83.4 Å². The molecular formula is C24H25N3O. The standard InChI is InChI=1S/C24H25N3O/c1-4-16(2)19-14-20(17(3)18-10-6-5-7-11-18)24(28)23(15-19)27-25-21-12-8-9-13-22(21)26-27/h5-17,28H,4H2,1-3H3. The van der Waals surface area contributed by atoms with Crippen molar-refractivity contribution in [3.63, 3.8) is 0 Å². The molecule has 2 atom stereocenters. The van der Waals surface area contributed by atoms with Crippen LogP contribution in [0, 0.1) is 0 Å². The molecule has 0 fully saturated rings. The number of fused-ring (bicyclic) bond motifs is 1. The molecule has 0 aliphatic heterocycles. The monoisotopic (exact) mass is 371 g/mol. The highest BCUT2D eigenvalue weighted by atomic mass is 16.3. The van der Waals surface area contributed by atoms with Gasteiger partial charge in [-0.2, -0.15) is 0 Å². The van der Waals surface area contributed by atoms with Crippen LogP contribution in [-0.4, -0.2) is 20.1 Å². The van der Waals surface area contributed by atoms with E-state index in [9.17, 15) is 5.11 Å². The summed E-state index contributed by atoms with van der Waals surface area (Å²) in [6.45, 7) is 6.51. The Kier molecular flexibility index (Phi) is 4.86. The van der Waals surface area contributed by atoms with Crippen molar-refractivity contribution in [2.24, 2.45) is 0 Å². The fourth-order valence-electron chi connectivity index (χ4n) is 3.56. The molecule has 1 aromatic heterocycles. The van der Waals surface area contributed by atoms with Gasteiger partial charge in [-0.15, -0.1) is 15.0 Å². The Balaban J connectivity index is 1.90. The van der Waals surface area contributed by atoms with E-state index in [4.69, 9.17) is 0 Å². The van der Waals surface area contributed by atoms with Gasteiger partial charge in [0.05, 0.1) is 0 Å². The number of nitrogens with zero attached hydrogens (tertiary/aromatic N) is 3. The highest BCUT2D eigenvalue weighted by Crippen LogP contribution is 2.38. The minimum absolute atomic E-state index is 0.0638. The summed E-state index contributed by atoms with van der Waals surface area (Å²) in [4.78, 5) is 1.56.